The van der Waals surface area contributed by atoms with Crippen LogP contribution in [0, 0.1) is 0 Å². The summed E-state index contributed by atoms with van der Waals surface area (Å²) in [5.74, 6) is 1.42. The summed E-state index contributed by atoms with van der Waals surface area (Å²) in [4.78, 5) is 4.18. The van der Waals surface area contributed by atoms with Crippen LogP contribution in [-0.2, 0) is 0 Å². The van der Waals surface area contributed by atoms with Gasteiger partial charge in [0, 0.05) is 12.1 Å². The monoisotopic (exact) mass is 222 g/mol. The van der Waals surface area contributed by atoms with Gasteiger partial charge < -0.3 is 15.2 Å². The first-order valence-electron chi connectivity index (χ1n) is 5.70. The molecule has 0 amide bonds. The number of ether oxygens (including phenoxy) is 2. The molecule has 1 saturated carbocycles. The van der Waals surface area contributed by atoms with Crippen LogP contribution in [0.15, 0.2) is 18.3 Å². The molecule has 1 aromatic heterocycles. The number of aromatic nitrogens is 1. The topological polar surface area (TPSA) is 57.4 Å². The SMILES string of the molecule is COc1ccc(OC2CCC(N)CC2)nc1. The van der Waals surface area contributed by atoms with E-state index in [9.17, 15) is 0 Å². The Morgan fingerprint density at radius 1 is 1.25 bits per heavy atom. The van der Waals surface area contributed by atoms with E-state index in [4.69, 9.17) is 15.2 Å². The summed E-state index contributed by atoms with van der Waals surface area (Å²) in [6.07, 6.45) is 6.07. The number of hydrogen-bond acceptors (Lipinski definition) is 4. The summed E-state index contributed by atoms with van der Waals surface area (Å²) in [5.41, 5.74) is 5.84. The largest absolute Gasteiger partial charge is 0.495 e. The third-order valence-electron chi connectivity index (χ3n) is 2.95. The molecule has 4 nitrogen and oxygen atoms in total. The third kappa shape index (κ3) is 2.85. The maximum Gasteiger partial charge on any atom is 0.213 e. The lowest BCUT2D eigenvalue weighted by Gasteiger charge is -2.26. The van der Waals surface area contributed by atoms with E-state index in [1.54, 1.807) is 13.3 Å². The van der Waals surface area contributed by atoms with E-state index in [2.05, 4.69) is 4.98 Å². The first-order chi connectivity index (χ1) is 7.78. The summed E-state index contributed by atoms with van der Waals surface area (Å²) < 4.78 is 10.8. The van der Waals surface area contributed by atoms with Gasteiger partial charge in [-0.2, -0.15) is 0 Å². The molecule has 4 heteroatoms. The Hall–Kier alpha value is -1.29. The first kappa shape index (κ1) is 11.2. The van der Waals surface area contributed by atoms with Gasteiger partial charge in [0.2, 0.25) is 5.88 Å². The molecule has 1 aliphatic carbocycles. The van der Waals surface area contributed by atoms with Crippen LogP contribution in [0.4, 0.5) is 0 Å². The zero-order valence-corrected chi connectivity index (χ0v) is 9.56. The highest BCUT2D eigenvalue weighted by Crippen LogP contribution is 2.22. The van der Waals surface area contributed by atoms with Crippen molar-refractivity contribution in [3.8, 4) is 11.6 Å². The second-order valence-electron chi connectivity index (χ2n) is 4.19. The third-order valence-corrected chi connectivity index (χ3v) is 2.95. The molecule has 2 N–H and O–H groups in total. The number of hydrogen-bond donors (Lipinski definition) is 1. The van der Waals surface area contributed by atoms with Crippen molar-refractivity contribution in [3.63, 3.8) is 0 Å². The van der Waals surface area contributed by atoms with Gasteiger partial charge >= 0.3 is 0 Å². The van der Waals surface area contributed by atoms with Crippen LogP contribution in [0.5, 0.6) is 11.6 Å². The van der Waals surface area contributed by atoms with Crippen LogP contribution in [0.2, 0.25) is 0 Å². The van der Waals surface area contributed by atoms with Crippen molar-refractivity contribution < 1.29 is 9.47 Å². The van der Waals surface area contributed by atoms with Gasteiger partial charge in [-0.3, -0.25) is 0 Å². The lowest BCUT2D eigenvalue weighted by atomic mass is 9.94. The molecule has 88 valence electrons. The van der Waals surface area contributed by atoms with Crippen LogP contribution in [-0.4, -0.2) is 24.2 Å². The summed E-state index contributed by atoms with van der Waals surface area (Å²) in [7, 11) is 1.63. The molecule has 16 heavy (non-hydrogen) atoms. The fraction of sp³-hybridized carbons (Fsp3) is 0.583. The number of rotatable bonds is 3. The predicted octanol–water partition coefficient (Wildman–Crippen LogP) is 1.74. The highest BCUT2D eigenvalue weighted by molar-refractivity contribution is 5.22. The van der Waals surface area contributed by atoms with Crippen LogP contribution < -0.4 is 15.2 Å². The molecule has 0 aliphatic heterocycles. The Kier molecular flexibility index (Phi) is 3.62. The number of pyridine rings is 1. The lowest BCUT2D eigenvalue weighted by Crippen LogP contribution is -2.31. The molecule has 1 aliphatic rings. The van der Waals surface area contributed by atoms with Crippen LogP contribution in [0.1, 0.15) is 25.7 Å². The molecular formula is C12H18N2O2. The Morgan fingerprint density at radius 3 is 2.56 bits per heavy atom. The van der Waals surface area contributed by atoms with Crippen LogP contribution >= 0.6 is 0 Å². The van der Waals surface area contributed by atoms with Crippen molar-refractivity contribution in [2.75, 3.05) is 7.11 Å². The fourth-order valence-electron chi connectivity index (χ4n) is 1.93. The Balaban J connectivity index is 1.88. The molecular weight excluding hydrogens is 204 g/mol. The van der Waals surface area contributed by atoms with E-state index in [1.165, 1.54) is 0 Å². The van der Waals surface area contributed by atoms with Gasteiger partial charge in [-0.1, -0.05) is 0 Å². The molecule has 0 bridgehead atoms. The smallest absolute Gasteiger partial charge is 0.213 e. The second-order valence-corrected chi connectivity index (χ2v) is 4.19. The van der Waals surface area contributed by atoms with E-state index in [0.29, 0.717) is 11.9 Å². The minimum Gasteiger partial charge on any atom is -0.495 e. The number of nitrogens with zero attached hydrogens (tertiary/aromatic N) is 1. The summed E-state index contributed by atoms with van der Waals surface area (Å²) in [6.45, 7) is 0. The van der Waals surface area contributed by atoms with Crippen LogP contribution in [0.25, 0.3) is 0 Å². The van der Waals surface area contributed by atoms with E-state index < -0.39 is 0 Å². The van der Waals surface area contributed by atoms with Gasteiger partial charge in [-0.15, -0.1) is 0 Å². The van der Waals surface area contributed by atoms with Crippen molar-refractivity contribution in [2.24, 2.45) is 5.73 Å². The second kappa shape index (κ2) is 5.16. The number of methoxy groups -OCH3 is 1. The molecule has 1 fully saturated rings. The molecule has 0 unspecified atom stereocenters. The van der Waals surface area contributed by atoms with E-state index in [1.807, 2.05) is 12.1 Å². The molecule has 0 radical (unpaired) electrons. The zero-order chi connectivity index (χ0) is 11.4. The van der Waals surface area contributed by atoms with Crippen molar-refractivity contribution in [1.82, 2.24) is 4.98 Å². The molecule has 1 heterocycles. The highest BCUT2D eigenvalue weighted by Gasteiger charge is 2.19. The minimum atomic E-state index is 0.265. The van der Waals surface area contributed by atoms with Gasteiger partial charge in [0.25, 0.3) is 0 Å². The van der Waals surface area contributed by atoms with E-state index in [0.717, 1.165) is 31.4 Å². The van der Waals surface area contributed by atoms with Gasteiger partial charge in [-0.25, -0.2) is 4.98 Å². The van der Waals surface area contributed by atoms with Crippen molar-refractivity contribution >= 4 is 0 Å². The average Bonchev–Trinajstić information content (AvgIpc) is 2.33. The first-order valence-corrected chi connectivity index (χ1v) is 5.70. The highest BCUT2D eigenvalue weighted by atomic mass is 16.5. The fourth-order valence-corrected chi connectivity index (χ4v) is 1.93. The van der Waals surface area contributed by atoms with Crippen molar-refractivity contribution in [1.29, 1.82) is 0 Å². The van der Waals surface area contributed by atoms with Gasteiger partial charge in [0.05, 0.1) is 13.3 Å². The molecule has 0 saturated heterocycles. The Bertz CT molecular complexity index is 318. The summed E-state index contributed by atoms with van der Waals surface area (Å²) in [5, 5.41) is 0. The maximum absolute atomic E-state index is 5.84. The predicted molar refractivity (Wildman–Crippen MR) is 61.6 cm³/mol. The van der Waals surface area contributed by atoms with E-state index in [-0.39, 0.29) is 6.10 Å². The summed E-state index contributed by atoms with van der Waals surface area (Å²) in [6, 6.07) is 4.05. The average molecular weight is 222 g/mol. The maximum atomic E-state index is 5.84. The Labute approximate surface area is 95.8 Å². The van der Waals surface area contributed by atoms with Gasteiger partial charge in [0.1, 0.15) is 11.9 Å². The molecule has 0 spiro atoms. The van der Waals surface area contributed by atoms with Gasteiger partial charge in [0.15, 0.2) is 0 Å². The van der Waals surface area contributed by atoms with Crippen molar-refractivity contribution in [3.05, 3.63) is 18.3 Å². The van der Waals surface area contributed by atoms with E-state index >= 15 is 0 Å². The lowest BCUT2D eigenvalue weighted by molar-refractivity contribution is 0.141. The van der Waals surface area contributed by atoms with Gasteiger partial charge in [-0.05, 0) is 31.7 Å². The van der Waals surface area contributed by atoms with Crippen LogP contribution in [0.3, 0.4) is 0 Å². The number of nitrogens with two attached hydrogens (primary N) is 1. The quantitative estimate of drug-likeness (QED) is 0.846. The molecule has 1 aromatic rings. The zero-order valence-electron chi connectivity index (χ0n) is 9.56. The molecule has 0 aromatic carbocycles. The minimum absolute atomic E-state index is 0.265. The molecule has 0 atom stereocenters. The summed E-state index contributed by atoms with van der Waals surface area (Å²) >= 11 is 0. The molecule has 2 rings (SSSR count). The normalized spacial score (nSPS) is 25.1. The standard InChI is InChI=1S/C12H18N2O2/c1-15-11-6-7-12(14-8-11)16-10-4-2-9(13)3-5-10/h6-10H,2-5,13H2,1H3. The Morgan fingerprint density at radius 2 is 2.00 bits per heavy atom. The van der Waals surface area contributed by atoms with Crippen molar-refractivity contribution in [2.45, 2.75) is 37.8 Å².